The molecule has 10 heteroatoms. The lowest BCUT2D eigenvalue weighted by atomic mass is 10.4. The van der Waals surface area contributed by atoms with Crippen LogP contribution in [0.5, 0.6) is 0 Å². The summed E-state index contributed by atoms with van der Waals surface area (Å²) < 4.78 is 9.75. The van der Waals surface area contributed by atoms with Crippen LogP contribution in [0, 0.1) is 22.7 Å². The van der Waals surface area contributed by atoms with Gasteiger partial charge < -0.3 is 29.9 Å². The first-order valence-electron chi connectivity index (χ1n) is 6.30. The van der Waals surface area contributed by atoms with Crippen LogP contribution in [0.1, 0.15) is 0 Å². The van der Waals surface area contributed by atoms with Crippen molar-refractivity contribution in [3.63, 3.8) is 0 Å². The molecule has 0 aliphatic carbocycles. The van der Waals surface area contributed by atoms with Crippen LogP contribution < -0.4 is 0 Å². The zero-order valence-electron chi connectivity index (χ0n) is 13.0. The number of rotatable bonds is 9. The quantitative estimate of drug-likeness (QED) is 0.237. The van der Waals surface area contributed by atoms with Crippen LogP contribution in [0.15, 0.2) is 24.3 Å². The lowest BCUT2D eigenvalue weighted by molar-refractivity contribution is -0.133. The topological polar surface area (TPSA) is 181 Å². The van der Waals surface area contributed by atoms with Crippen LogP contribution in [-0.4, -0.2) is 72.0 Å². The Morgan fingerprint density at radius 2 is 1.08 bits per heavy atom. The Morgan fingerprint density at radius 3 is 1.21 bits per heavy atom. The molecule has 0 aromatic rings. The molecule has 0 amide bonds. The standard InChI is InChI=1S/C6H14O4.2C4H3NO2/c7-1-3-9-5-6-10-4-2-8;2*1-3(2-5)4(6)7/h7-8H,1-6H2;2*1H2,(H,6,7). The first-order valence-corrected chi connectivity index (χ1v) is 6.30. The Labute approximate surface area is 139 Å². The van der Waals surface area contributed by atoms with Gasteiger partial charge in [0.1, 0.15) is 23.3 Å². The summed E-state index contributed by atoms with van der Waals surface area (Å²) in [5, 5.41) is 47.8. The number of hydrogen-bond donors (Lipinski definition) is 4. The fourth-order valence-electron chi connectivity index (χ4n) is 0.547. The predicted octanol–water partition coefficient (Wildman–Crippen LogP) is -0.694. The normalized spacial score (nSPS) is 8.17. The number of ether oxygens (including phenoxy) is 2. The highest BCUT2D eigenvalue weighted by atomic mass is 16.5. The largest absolute Gasteiger partial charge is 0.477 e. The first-order chi connectivity index (χ1) is 11.3. The molecule has 0 radical (unpaired) electrons. The highest BCUT2D eigenvalue weighted by molar-refractivity contribution is 5.90. The van der Waals surface area contributed by atoms with Crippen LogP contribution >= 0.6 is 0 Å². The average Bonchev–Trinajstić information content (AvgIpc) is 2.57. The Bertz CT molecular complexity index is 432. The van der Waals surface area contributed by atoms with E-state index in [0.717, 1.165) is 0 Å². The van der Waals surface area contributed by atoms with E-state index >= 15 is 0 Å². The Balaban J connectivity index is -0.000000283. The van der Waals surface area contributed by atoms with Gasteiger partial charge in [-0.3, -0.25) is 0 Å². The third-order valence-electron chi connectivity index (χ3n) is 1.63. The molecule has 24 heavy (non-hydrogen) atoms. The van der Waals surface area contributed by atoms with Crippen LogP contribution in [0.3, 0.4) is 0 Å². The van der Waals surface area contributed by atoms with E-state index in [1.54, 1.807) is 0 Å². The summed E-state index contributed by atoms with van der Waals surface area (Å²) in [7, 11) is 0. The van der Waals surface area contributed by atoms with E-state index in [-0.39, 0.29) is 13.2 Å². The van der Waals surface area contributed by atoms with Crippen molar-refractivity contribution in [1.82, 2.24) is 0 Å². The zero-order chi connectivity index (χ0) is 19.4. The molecule has 0 saturated heterocycles. The molecule has 0 saturated carbocycles. The van der Waals surface area contributed by atoms with Gasteiger partial charge in [0, 0.05) is 0 Å². The summed E-state index contributed by atoms with van der Waals surface area (Å²) in [5.74, 6) is -2.52. The molecule has 4 N–H and O–H groups in total. The molecule has 0 fully saturated rings. The smallest absolute Gasteiger partial charge is 0.345 e. The van der Waals surface area contributed by atoms with Gasteiger partial charge in [0.25, 0.3) is 0 Å². The van der Waals surface area contributed by atoms with Gasteiger partial charge in [0.2, 0.25) is 0 Å². The zero-order valence-corrected chi connectivity index (χ0v) is 13.0. The van der Waals surface area contributed by atoms with E-state index < -0.39 is 23.1 Å². The van der Waals surface area contributed by atoms with Crippen molar-refractivity contribution >= 4 is 11.9 Å². The summed E-state index contributed by atoms with van der Waals surface area (Å²) in [4.78, 5) is 19.2. The van der Waals surface area contributed by atoms with E-state index in [1.807, 2.05) is 0 Å². The SMILES string of the molecule is C=C(C#N)C(=O)O.C=C(C#N)C(=O)O.OCCOCCOCCO. The van der Waals surface area contributed by atoms with Gasteiger partial charge in [-0.05, 0) is 0 Å². The molecule has 0 aromatic heterocycles. The molecule has 10 nitrogen and oxygen atoms in total. The molecule has 0 rings (SSSR count). The number of nitrogens with zero attached hydrogens (tertiary/aromatic N) is 2. The van der Waals surface area contributed by atoms with Crippen LogP contribution in [0.2, 0.25) is 0 Å². The number of aliphatic hydroxyl groups excluding tert-OH is 2. The minimum atomic E-state index is -1.26. The molecular formula is C14H20N2O8. The van der Waals surface area contributed by atoms with Crippen molar-refractivity contribution in [2.75, 3.05) is 39.6 Å². The van der Waals surface area contributed by atoms with Crippen LogP contribution in [0.4, 0.5) is 0 Å². The van der Waals surface area contributed by atoms with Crippen LogP contribution in [-0.2, 0) is 19.1 Å². The maximum atomic E-state index is 9.61. The summed E-state index contributed by atoms with van der Waals surface area (Å²) in [6.07, 6.45) is 0. The minimum absolute atomic E-state index is 0.0417. The van der Waals surface area contributed by atoms with Gasteiger partial charge in [-0.15, -0.1) is 0 Å². The predicted molar refractivity (Wildman–Crippen MR) is 80.6 cm³/mol. The first kappa shape index (κ1) is 26.2. The van der Waals surface area contributed by atoms with Crippen LogP contribution in [0.25, 0.3) is 0 Å². The van der Waals surface area contributed by atoms with E-state index in [2.05, 4.69) is 13.2 Å². The van der Waals surface area contributed by atoms with Gasteiger partial charge in [0.05, 0.1) is 39.6 Å². The Morgan fingerprint density at radius 1 is 0.792 bits per heavy atom. The van der Waals surface area contributed by atoms with Gasteiger partial charge in [-0.25, -0.2) is 9.59 Å². The number of hydrogen-bond acceptors (Lipinski definition) is 8. The van der Waals surface area contributed by atoms with Gasteiger partial charge in [-0.2, -0.15) is 10.5 Å². The van der Waals surface area contributed by atoms with Crippen molar-refractivity contribution in [3.05, 3.63) is 24.3 Å². The van der Waals surface area contributed by atoms with Crippen molar-refractivity contribution in [1.29, 1.82) is 10.5 Å². The van der Waals surface area contributed by atoms with E-state index in [0.29, 0.717) is 26.4 Å². The number of nitriles is 2. The molecule has 0 aliphatic heterocycles. The fraction of sp³-hybridized carbons (Fsp3) is 0.429. The summed E-state index contributed by atoms with van der Waals surface area (Å²) >= 11 is 0. The molecule has 0 aliphatic rings. The average molecular weight is 344 g/mol. The third-order valence-corrected chi connectivity index (χ3v) is 1.63. The molecular weight excluding hydrogens is 324 g/mol. The third kappa shape index (κ3) is 24.3. The molecule has 0 spiro atoms. The second kappa shape index (κ2) is 20.2. The Hall–Kier alpha value is -2.76. The fourth-order valence-corrected chi connectivity index (χ4v) is 0.547. The van der Waals surface area contributed by atoms with Crippen molar-refractivity contribution in [2.45, 2.75) is 0 Å². The van der Waals surface area contributed by atoms with Crippen molar-refractivity contribution < 1.29 is 39.5 Å². The number of aliphatic carboxylic acids is 2. The minimum Gasteiger partial charge on any atom is -0.477 e. The van der Waals surface area contributed by atoms with E-state index in [9.17, 15) is 9.59 Å². The van der Waals surface area contributed by atoms with Crippen molar-refractivity contribution in [2.24, 2.45) is 0 Å². The molecule has 0 aromatic carbocycles. The number of carboxylic acid groups (broad SMARTS) is 2. The van der Waals surface area contributed by atoms with Gasteiger partial charge >= 0.3 is 11.9 Å². The van der Waals surface area contributed by atoms with Crippen molar-refractivity contribution in [3.8, 4) is 12.1 Å². The van der Waals surface area contributed by atoms with Gasteiger partial charge in [-0.1, -0.05) is 13.2 Å². The van der Waals surface area contributed by atoms with E-state index in [4.69, 9.17) is 40.4 Å². The number of carboxylic acids is 2. The lowest BCUT2D eigenvalue weighted by Crippen LogP contribution is -2.09. The second-order valence-electron chi connectivity index (χ2n) is 3.46. The second-order valence-corrected chi connectivity index (χ2v) is 3.46. The monoisotopic (exact) mass is 344 g/mol. The highest BCUT2D eigenvalue weighted by Gasteiger charge is 1.98. The number of carbonyl (C=O) groups is 2. The number of aliphatic hydroxyl groups is 2. The summed E-state index contributed by atoms with van der Waals surface area (Å²) in [5.41, 5.74) is -0.861. The maximum Gasteiger partial charge on any atom is 0.345 e. The Kier molecular flexibility index (Phi) is 22.1. The maximum absolute atomic E-state index is 9.61. The molecule has 0 atom stereocenters. The lowest BCUT2D eigenvalue weighted by Gasteiger charge is -2.01. The van der Waals surface area contributed by atoms with E-state index in [1.165, 1.54) is 12.1 Å². The summed E-state index contributed by atoms with van der Waals surface area (Å²) in [6.45, 7) is 7.55. The summed E-state index contributed by atoms with van der Waals surface area (Å²) in [6, 6.07) is 2.74. The molecule has 134 valence electrons. The highest BCUT2D eigenvalue weighted by Crippen LogP contribution is 1.82. The molecule has 0 heterocycles. The molecule has 0 unspecified atom stereocenters. The van der Waals surface area contributed by atoms with Gasteiger partial charge in [0.15, 0.2) is 0 Å². The molecule has 0 bridgehead atoms.